The Morgan fingerprint density at radius 2 is 1.75 bits per heavy atom. The van der Waals surface area contributed by atoms with Crippen LogP contribution in [0.2, 0.25) is 13.1 Å². The molecule has 4 aromatic rings. The van der Waals surface area contributed by atoms with Gasteiger partial charge in [0.05, 0.1) is 8.07 Å². The van der Waals surface area contributed by atoms with E-state index in [0.717, 1.165) is 5.69 Å². The second kappa shape index (κ2) is 5.35. The van der Waals surface area contributed by atoms with E-state index < -0.39 is 8.07 Å². The third kappa shape index (κ3) is 1.92. The molecular weight excluding hydrogens is 487 g/mol. The molecule has 3 aromatic carbocycles. The van der Waals surface area contributed by atoms with Gasteiger partial charge in [0.2, 0.25) is 0 Å². The normalized spacial score (nSPS) is 14.2. The predicted molar refractivity (Wildman–Crippen MR) is 100 cm³/mol. The molecule has 5 rings (SSSR count). The molecule has 0 amide bonds. The number of benzene rings is 3. The number of pyridine rings is 1. The molecular formula is C21H16IrNSi-. The summed E-state index contributed by atoms with van der Waals surface area (Å²) in [5.41, 5.74) is 2.31. The van der Waals surface area contributed by atoms with Gasteiger partial charge in [0.1, 0.15) is 0 Å². The molecule has 2 heterocycles. The molecule has 24 heavy (non-hydrogen) atoms. The summed E-state index contributed by atoms with van der Waals surface area (Å²) >= 11 is 0. The van der Waals surface area contributed by atoms with E-state index >= 15 is 0 Å². The molecule has 0 N–H and O–H groups in total. The third-order valence-electron chi connectivity index (χ3n) is 5.21. The zero-order valence-corrected chi connectivity index (χ0v) is 16.9. The van der Waals surface area contributed by atoms with Crippen molar-refractivity contribution in [2.75, 3.05) is 0 Å². The van der Waals surface area contributed by atoms with Crippen molar-refractivity contribution in [3.05, 3.63) is 66.9 Å². The molecule has 0 atom stereocenters. The Labute approximate surface area is 156 Å². The van der Waals surface area contributed by atoms with Gasteiger partial charge in [-0.1, -0.05) is 48.6 Å². The topological polar surface area (TPSA) is 12.9 Å². The van der Waals surface area contributed by atoms with Crippen LogP contribution >= 0.6 is 0 Å². The summed E-state index contributed by atoms with van der Waals surface area (Å²) in [6, 6.07) is 23.1. The Balaban J connectivity index is 0.00000146. The summed E-state index contributed by atoms with van der Waals surface area (Å²) in [6.45, 7) is 4.89. The Hall–Kier alpha value is -1.80. The Kier molecular flexibility index (Phi) is 3.50. The summed E-state index contributed by atoms with van der Waals surface area (Å²) in [6.07, 6.45) is 1.94. The molecule has 0 spiro atoms. The number of rotatable bonds is 0. The van der Waals surface area contributed by atoms with E-state index in [0.29, 0.717) is 0 Å². The number of fused-ring (bicyclic) bond motifs is 4. The molecule has 0 saturated carbocycles. The smallest absolute Gasteiger partial charge is 0.0659 e. The Bertz CT molecular complexity index is 1100. The van der Waals surface area contributed by atoms with Crippen molar-refractivity contribution in [2.24, 2.45) is 0 Å². The van der Waals surface area contributed by atoms with E-state index in [1.54, 1.807) is 0 Å². The minimum atomic E-state index is -1.75. The first-order valence-corrected chi connectivity index (χ1v) is 11.0. The van der Waals surface area contributed by atoms with Crippen molar-refractivity contribution in [1.29, 1.82) is 0 Å². The van der Waals surface area contributed by atoms with Crippen molar-refractivity contribution in [3.8, 4) is 11.3 Å². The van der Waals surface area contributed by atoms with E-state index in [4.69, 9.17) is 4.98 Å². The first-order valence-electron chi connectivity index (χ1n) is 8.00. The van der Waals surface area contributed by atoms with Crippen LogP contribution in [0.5, 0.6) is 0 Å². The summed E-state index contributed by atoms with van der Waals surface area (Å²) in [5, 5.41) is 8.27. The van der Waals surface area contributed by atoms with Crippen molar-refractivity contribution in [1.82, 2.24) is 4.98 Å². The maximum atomic E-state index is 4.74. The predicted octanol–water partition coefficient (Wildman–Crippen LogP) is 3.99. The van der Waals surface area contributed by atoms with E-state index in [2.05, 4.69) is 67.7 Å². The molecule has 0 bridgehead atoms. The van der Waals surface area contributed by atoms with E-state index in [9.17, 15) is 0 Å². The van der Waals surface area contributed by atoms with Crippen LogP contribution in [0, 0.1) is 6.07 Å². The van der Waals surface area contributed by atoms with Crippen LogP contribution in [0.25, 0.3) is 32.8 Å². The number of hydrogen-bond donors (Lipinski definition) is 0. The summed E-state index contributed by atoms with van der Waals surface area (Å²) < 4.78 is 0. The monoisotopic (exact) mass is 503 g/mol. The quantitative estimate of drug-likeness (QED) is 0.201. The van der Waals surface area contributed by atoms with Crippen LogP contribution < -0.4 is 10.4 Å². The number of nitrogens with zero attached hydrogens (tertiary/aromatic N) is 1. The van der Waals surface area contributed by atoms with E-state index in [1.807, 2.05) is 12.3 Å². The summed E-state index contributed by atoms with van der Waals surface area (Å²) in [4.78, 5) is 4.74. The number of hydrogen-bond acceptors (Lipinski definition) is 1. The maximum absolute atomic E-state index is 4.74. The molecule has 0 fully saturated rings. The van der Waals surface area contributed by atoms with Gasteiger partial charge in [-0.3, -0.25) is 0 Å². The molecule has 0 aliphatic carbocycles. The molecule has 0 saturated heterocycles. The summed E-state index contributed by atoms with van der Waals surface area (Å²) in [7, 11) is -1.75. The fourth-order valence-electron chi connectivity index (χ4n) is 4.04. The second-order valence-electron chi connectivity index (χ2n) is 6.81. The molecule has 1 aliphatic heterocycles. The van der Waals surface area contributed by atoms with E-state index in [1.165, 1.54) is 37.5 Å². The second-order valence-corrected chi connectivity index (χ2v) is 11.1. The van der Waals surface area contributed by atoms with Crippen molar-refractivity contribution < 1.29 is 20.1 Å². The van der Waals surface area contributed by atoms with Crippen molar-refractivity contribution in [3.63, 3.8) is 0 Å². The van der Waals surface area contributed by atoms with Crippen LogP contribution in [0.4, 0.5) is 0 Å². The molecule has 1 radical (unpaired) electrons. The average Bonchev–Trinajstić information content (AvgIpc) is 2.59. The largest absolute Gasteiger partial charge is 0.304 e. The molecule has 119 valence electrons. The van der Waals surface area contributed by atoms with Crippen LogP contribution in [-0.4, -0.2) is 13.1 Å². The minimum absolute atomic E-state index is 0. The van der Waals surface area contributed by atoms with Gasteiger partial charge < -0.3 is 4.98 Å². The van der Waals surface area contributed by atoms with Crippen LogP contribution in [0.15, 0.2) is 60.8 Å². The molecule has 1 aromatic heterocycles. The van der Waals surface area contributed by atoms with Gasteiger partial charge in [0, 0.05) is 26.3 Å². The first kappa shape index (κ1) is 15.7. The van der Waals surface area contributed by atoms with Crippen LogP contribution in [-0.2, 0) is 20.1 Å². The third-order valence-corrected chi connectivity index (χ3v) is 8.72. The fourth-order valence-corrected chi connectivity index (χ4v) is 7.05. The van der Waals surface area contributed by atoms with Crippen LogP contribution in [0.1, 0.15) is 0 Å². The van der Waals surface area contributed by atoms with E-state index in [-0.39, 0.29) is 20.1 Å². The van der Waals surface area contributed by atoms with Crippen LogP contribution in [0.3, 0.4) is 0 Å². The SMILES string of the molecule is C[Si]1(C)c2ccc[c-]c2-c2nccc3c2c1cc1ccccc13.[Ir]. The first-order chi connectivity index (χ1) is 11.2. The standard InChI is InChI=1S/C21H16NSi.Ir/c1-23(2)18-10-6-5-9-17(18)21-20-16(11-12-22-21)15-8-4-3-7-14(15)13-19(20)23;/h3-8,10-13H,1-2H3;/q-1;. The van der Waals surface area contributed by atoms with Crippen molar-refractivity contribution in [2.45, 2.75) is 13.1 Å². The number of aromatic nitrogens is 1. The molecule has 0 unspecified atom stereocenters. The molecule has 1 aliphatic rings. The van der Waals surface area contributed by atoms with Gasteiger partial charge in [-0.2, -0.15) is 0 Å². The average molecular weight is 503 g/mol. The summed E-state index contributed by atoms with van der Waals surface area (Å²) in [5.74, 6) is 0. The zero-order valence-electron chi connectivity index (χ0n) is 13.6. The molecule has 3 heteroatoms. The Morgan fingerprint density at radius 3 is 2.62 bits per heavy atom. The van der Waals surface area contributed by atoms with Gasteiger partial charge in [-0.05, 0) is 33.3 Å². The maximum Gasteiger partial charge on any atom is 0.0659 e. The van der Waals surface area contributed by atoms with Gasteiger partial charge in [0.15, 0.2) is 0 Å². The minimum Gasteiger partial charge on any atom is -0.304 e. The fraction of sp³-hybridized carbons (Fsp3) is 0.0952. The Morgan fingerprint density at radius 1 is 0.917 bits per heavy atom. The van der Waals surface area contributed by atoms with Gasteiger partial charge in [-0.25, -0.2) is 0 Å². The van der Waals surface area contributed by atoms with Gasteiger partial charge in [-0.15, -0.1) is 35.0 Å². The van der Waals surface area contributed by atoms with Crippen molar-refractivity contribution >= 4 is 40.0 Å². The zero-order chi connectivity index (χ0) is 15.6. The van der Waals surface area contributed by atoms with Gasteiger partial charge in [0.25, 0.3) is 0 Å². The van der Waals surface area contributed by atoms with Gasteiger partial charge >= 0.3 is 0 Å². The molecule has 1 nitrogen and oxygen atoms in total.